The van der Waals surface area contributed by atoms with Crippen LogP contribution in [0.15, 0.2) is 48.5 Å². The lowest BCUT2D eigenvalue weighted by Gasteiger charge is -2.12. The fourth-order valence-corrected chi connectivity index (χ4v) is 2.35. The standard InChI is InChI=1S/C19H16ClNO5/c1-12(19(23)21-15-6-4-14(20)5-7-15)26-18(22)9-3-13-2-8-16-17(10-13)25-11-24-16/h2-10,12H,11H2,1H3,(H,21,23)/t12-/m0/s1. The number of benzene rings is 2. The summed E-state index contributed by atoms with van der Waals surface area (Å²) in [5.74, 6) is 0.229. The molecule has 0 radical (unpaired) electrons. The van der Waals surface area contributed by atoms with Crippen LogP contribution in [0.4, 0.5) is 5.69 Å². The molecule has 1 aliphatic heterocycles. The maximum atomic E-state index is 12.1. The van der Waals surface area contributed by atoms with Crippen LogP contribution in [0.2, 0.25) is 5.02 Å². The Morgan fingerprint density at radius 2 is 1.88 bits per heavy atom. The van der Waals surface area contributed by atoms with Crippen molar-refractivity contribution in [2.75, 3.05) is 12.1 Å². The third-order valence-electron chi connectivity index (χ3n) is 3.58. The van der Waals surface area contributed by atoms with E-state index in [4.69, 9.17) is 25.8 Å². The predicted molar refractivity (Wildman–Crippen MR) is 97.2 cm³/mol. The Kier molecular flexibility index (Phi) is 5.43. The molecule has 134 valence electrons. The molecule has 6 nitrogen and oxygen atoms in total. The number of fused-ring (bicyclic) bond motifs is 1. The number of anilines is 1. The van der Waals surface area contributed by atoms with Crippen molar-refractivity contribution >= 4 is 35.2 Å². The number of hydrogen-bond acceptors (Lipinski definition) is 5. The lowest BCUT2D eigenvalue weighted by molar-refractivity contribution is -0.148. The lowest BCUT2D eigenvalue weighted by Crippen LogP contribution is -2.29. The van der Waals surface area contributed by atoms with Crippen LogP contribution >= 0.6 is 11.6 Å². The van der Waals surface area contributed by atoms with Crippen LogP contribution in [0.5, 0.6) is 11.5 Å². The van der Waals surface area contributed by atoms with Gasteiger partial charge in [0.05, 0.1) is 0 Å². The topological polar surface area (TPSA) is 73.9 Å². The van der Waals surface area contributed by atoms with Crippen LogP contribution in [0.1, 0.15) is 12.5 Å². The molecule has 26 heavy (non-hydrogen) atoms. The number of rotatable bonds is 5. The number of amides is 1. The number of carbonyl (C=O) groups is 2. The maximum absolute atomic E-state index is 12.1. The molecule has 0 spiro atoms. The van der Waals surface area contributed by atoms with Gasteiger partial charge in [-0.3, -0.25) is 4.79 Å². The molecule has 1 amide bonds. The molecule has 0 saturated heterocycles. The highest BCUT2D eigenvalue weighted by atomic mass is 35.5. The van der Waals surface area contributed by atoms with E-state index in [-0.39, 0.29) is 6.79 Å². The van der Waals surface area contributed by atoms with Gasteiger partial charge in [-0.25, -0.2) is 4.79 Å². The second kappa shape index (κ2) is 7.93. The van der Waals surface area contributed by atoms with E-state index < -0.39 is 18.0 Å². The van der Waals surface area contributed by atoms with E-state index in [2.05, 4.69) is 5.32 Å². The van der Waals surface area contributed by atoms with Crippen LogP contribution in [0.3, 0.4) is 0 Å². The molecule has 0 aliphatic carbocycles. The lowest BCUT2D eigenvalue weighted by atomic mass is 10.2. The van der Waals surface area contributed by atoms with Crippen molar-refractivity contribution in [2.24, 2.45) is 0 Å². The molecule has 1 N–H and O–H groups in total. The SMILES string of the molecule is C[C@H](OC(=O)C=Cc1ccc2c(c1)OCO2)C(=O)Nc1ccc(Cl)cc1. The van der Waals surface area contributed by atoms with E-state index in [1.165, 1.54) is 13.0 Å². The van der Waals surface area contributed by atoms with E-state index in [0.717, 1.165) is 5.56 Å². The molecular formula is C19H16ClNO5. The minimum absolute atomic E-state index is 0.185. The monoisotopic (exact) mass is 373 g/mol. The molecule has 0 saturated carbocycles. The Morgan fingerprint density at radius 1 is 1.15 bits per heavy atom. The highest BCUT2D eigenvalue weighted by Crippen LogP contribution is 2.32. The van der Waals surface area contributed by atoms with Crippen molar-refractivity contribution in [3.05, 3.63) is 59.1 Å². The molecule has 1 aliphatic rings. The highest BCUT2D eigenvalue weighted by Gasteiger charge is 2.17. The Balaban J connectivity index is 1.53. The number of esters is 1. The maximum Gasteiger partial charge on any atom is 0.331 e. The third kappa shape index (κ3) is 4.55. The molecule has 1 atom stereocenters. The van der Waals surface area contributed by atoms with Crippen molar-refractivity contribution in [3.63, 3.8) is 0 Å². The second-order valence-corrected chi connectivity index (χ2v) is 5.96. The molecule has 0 fully saturated rings. The minimum Gasteiger partial charge on any atom is -0.454 e. The van der Waals surface area contributed by atoms with Crippen LogP contribution in [-0.4, -0.2) is 24.8 Å². The third-order valence-corrected chi connectivity index (χ3v) is 3.83. The number of ether oxygens (including phenoxy) is 3. The quantitative estimate of drug-likeness (QED) is 0.639. The van der Waals surface area contributed by atoms with Gasteiger partial charge in [0.1, 0.15) is 0 Å². The molecule has 2 aromatic rings. The first kappa shape index (κ1) is 17.8. The molecule has 1 heterocycles. The van der Waals surface area contributed by atoms with Crippen molar-refractivity contribution in [1.82, 2.24) is 0 Å². The van der Waals surface area contributed by atoms with Crippen molar-refractivity contribution < 1.29 is 23.8 Å². The summed E-state index contributed by atoms with van der Waals surface area (Å²) in [6, 6.07) is 11.9. The first-order valence-corrected chi connectivity index (χ1v) is 8.24. The number of nitrogens with one attached hydrogen (secondary N) is 1. The van der Waals surface area contributed by atoms with Gasteiger partial charge in [0.15, 0.2) is 17.6 Å². The predicted octanol–water partition coefficient (Wildman–Crippen LogP) is 3.65. The van der Waals surface area contributed by atoms with E-state index in [1.54, 1.807) is 48.5 Å². The number of carbonyl (C=O) groups excluding carboxylic acids is 2. The largest absolute Gasteiger partial charge is 0.454 e. The normalized spacial score (nSPS) is 13.5. The average Bonchev–Trinajstić information content (AvgIpc) is 3.09. The fourth-order valence-electron chi connectivity index (χ4n) is 2.23. The van der Waals surface area contributed by atoms with E-state index in [0.29, 0.717) is 22.2 Å². The molecule has 0 unspecified atom stereocenters. The number of hydrogen-bond donors (Lipinski definition) is 1. The van der Waals surface area contributed by atoms with Gasteiger partial charge in [-0.1, -0.05) is 17.7 Å². The first-order valence-electron chi connectivity index (χ1n) is 7.86. The Hall–Kier alpha value is -2.99. The molecule has 3 rings (SSSR count). The van der Waals surface area contributed by atoms with Gasteiger partial charge in [0, 0.05) is 16.8 Å². The Morgan fingerprint density at radius 3 is 2.65 bits per heavy atom. The van der Waals surface area contributed by atoms with Gasteiger partial charge in [-0.05, 0) is 55.0 Å². The van der Waals surface area contributed by atoms with Crippen molar-refractivity contribution in [1.29, 1.82) is 0 Å². The zero-order chi connectivity index (χ0) is 18.5. The van der Waals surface area contributed by atoms with Crippen molar-refractivity contribution in [2.45, 2.75) is 13.0 Å². The highest BCUT2D eigenvalue weighted by molar-refractivity contribution is 6.30. The zero-order valence-corrected chi connectivity index (χ0v) is 14.7. The Labute approximate surface area is 155 Å². The molecule has 2 aromatic carbocycles. The van der Waals surface area contributed by atoms with Gasteiger partial charge in [0.2, 0.25) is 6.79 Å². The average molecular weight is 374 g/mol. The van der Waals surface area contributed by atoms with Crippen LogP contribution in [0, 0.1) is 0 Å². The van der Waals surface area contributed by atoms with Gasteiger partial charge in [-0.2, -0.15) is 0 Å². The van der Waals surface area contributed by atoms with Gasteiger partial charge < -0.3 is 19.5 Å². The first-order chi connectivity index (χ1) is 12.5. The second-order valence-electron chi connectivity index (χ2n) is 5.52. The fraction of sp³-hybridized carbons (Fsp3) is 0.158. The summed E-state index contributed by atoms with van der Waals surface area (Å²) in [5, 5.41) is 3.21. The van der Waals surface area contributed by atoms with E-state index in [1.807, 2.05) is 0 Å². The van der Waals surface area contributed by atoms with Crippen molar-refractivity contribution in [3.8, 4) is 11.5 Å². The Bertz CT molecular complexity index is 848. The summed E-state index contributed by atoms with van der Waals surface area (Å²) in [6.07, 6.45) is 1.89. The molecule has 0 bridgehead atoms. The summed E-state index contributed by atoms with van der Waals surface area (Å²) in [5.41, 5.74) is 1.32. The van der Waals surface area contributed by atoms with Gasteiger partial charge >= 0.3 is 5.97 Å². The summed E-state index contributed by atoms with van der Waals surface area (Å²) in [4.78, 5) is 24.0. The van der Waals surface area contributed by atoms with Gasteiger partial charge in [-0.15, -0.1) is 0 Å². The summed E-state index contributed by atoms with van der Waals surface area (Å²) in [7, 11) is 0. The summed E-state index contributed by atoms with van der Waals surface area (Å²) >= 11 is 5.79. The van der Waals surface area contributed by atoms with Crippen LogP contribution in [-0.2, 0) is 14.3 Å². The smallest absolute Gasteiger partial charge is 0.331 e. The molecule has 7 heteroatoms. The minimum atomic E-state index is -0.945. The van der Waals surface area contributed by atoms with E-state index >= 15 is 0 Å². The molecular weight excluding hydrogens is 358 g/mol. The number of halogens is 1. The van der Waals surface area contributed by atoms with E-state index in [9.17, 15) is 9.59 Å². The summed E-state index contributed by atoms with van der Waals surface area (Å²) < 4.78 is 15.6. The van der Waals surface area contributed by atoms with Crippen LogP contribution in [0.25, 0.3) is 6.08 Å². The molecule has 0 aromatic heterocycles. The summed E-state index contributed by atoms with van der Waals surface area (Å²) in [6.45, 7) is 1.68. The van der Waals surface area contributed by atoms with Gasteiger partial charge in [0.25, 0.3) is 5.91 Å². The van der Waals surface area contributed by atoms with Crippen LogP contribution < -0.4 is 14.8 Å². The zero-order valence-electron chi connectivity index (χ0n) is 13.9.